The van der Waals surface area contributed by atoms with Gasteiger partial charge in [-0.3, -0.25) is 0 Å². The third kappa shape index (κ3) is 4.35. The molecule has 2 nitrogen and oxygen atoms in total. The van der Waals surface area contributed by atoms with Gasteiger partial charge in [0.15, 0.2) is 0 Å². The minimum Gasteiger partial charge on any atom is -0.249 e. The molecule has 0 heterocycles. The third-order valence-electron chi connectivity index (χ3n) is 0.163. The Hall–Kier alpha value is 0.350. The molecule has 0 aromatic heterocycles. The number of hydrogen-bond donors (Lipinski definition) is 1. The van der Waals surface area contributed by atoms with Gasteiger partial charge in [-0.05, 0) is 13.3 Å². The molecule has 1 N–H and O–H groups in total. The van der Waals surface area contributed by atoms with E-state index in [2.05, 4.69) is 4.67 Å². The Morgan fingerprint density at radius 2 is 1.80 bits per heavy atom. The number of rotatable bonds is 1. The van der Waals surface area contributed by atoms with Gasteiger partial charge in [0.2, 0.25) is 0 Å². The lowest BCUT2D eigenvalue weighted by Gasteiger charge is -1.91. The topological polar surface area (TPSA) is 29.5 Å². The van der Waals surface area contributed by atoms with E-state index in [0.717, 1.165) is 0 Å². The first-order valence-corrected chi connectivity index (χ1v) is 3.41. The van der Waals surface area contributed by atoms with Crippen molar-refractivity contribution in [3.05, 3.63) is 0 Å². The first kappa shape index (κ1) is 5.35. The van der Waals surface area contributed by atoms with Crippen molar-refractivity contribution in [2.45, 2.75) is 0 Å². The molecule has 3 heteroatoms. The zero-order valence-electron chi connectivity index (χ0n) is 3.30. The van der Waals surface area contributed by atoms with Gasteiger partial charge in [-0.15, -0.1) is 0 Å². The van der Waals surface area contributed by atoms with Crippen molar-refractivity contribution in [2.24, 2.45) is 0 Å². The van der Waals surface area contributed by atoms with E-state index < -0.39 is 8.15 Å². The van der Waals surface area contributed by atoms with Gasteiger partial charge in [-0.25, -0.2) is 9.93 Å². The summed E-state index contributed by atoms with van der Waals surface area (Å²) in [6.07, 6.45) is 0. The van der Waals surface area contributed by atoms with E-state index in [0.29, 0.717) is 0 Å². The molecule has 0 aromatic rings. The minimum absolute atomic E-state index is 0.543. The zero-order chi connectivity index (χ0) is 4.28. The second kappa shape index (κ2) is 2.58. The molecule has 0 radical (unpaired) electrons. The summed E-state index contributed by atoms with van der Waals surface area (Å²) >= 11 is 0. The van der Waals surface area contributed by atoms with Crippen LogP contribution in [0.4, 0.5) is 0 Å². The molecule has 5 heavy (non-hydrogen) atoms. The van der Waals surface area contributed by atoms with Gasteiger partial charge >= 0.3 is 0 Å². The standard InChI is InChI=1S/C2H7O2P/c1-5(2)4-3/h3H,1-2H3. The van der Waals surface area contributed by atoms with Crippen LogP contribution in [-0.2, 0) is 4.67 Å². The SMILES string of the molecule is CP(C)OO. The molecule has 0 aromatic carbocycles. The van der Waals surface area contributed by atoms with Crippen molar-refractivity contribution in [1.29, 1.82) is 0 Å². The fourth-order valence-corrected chi connectivity index (χ4v) is 0. The normalized spacial score (nSPS) is 9.60. The van der Waals surface area contributed by atoms with Crippen LogP contribution in [0.5, 0.6) is 0 Å². The van der Waals surface area contributed by atoms with Gasteiger partial charge in [0.25, 0.3) is 0 Å². The van der Waals surface area contributed by atoms with E-state index in [-0.39, 0.29) is 0 Å². The first-order chi connectivity index (χ1) is 2.27. The Balaban J connectivity index is 2.54. The summed E-state index contributed by atoms with van der Waals surface area (Å²) in [6.45, 7) is 3.63. The Kier molecular flexibility index (Phi) is 2.76. The molecule has 0 rings (SSSR count). The lowest BCUT2D eigenvalue weighted by atomic mass is 11.9. The van der Waals surface area contributed by atoms with Crippen LogP contribution in [0.2, 0.25) is 0 Å². The Bertz CT molecular complexity index is 21.6. The molecule has 32 valence electrons. The summed E-state index contributed by atoms with van der Waals surface area (Å²) in [4.78, 5) is 0. The molecule has 0 spiro atoms. The highest BCUT2D eigenvalue weighted by molar-refractivity contribution is 7.50. The largest absolute Gasteiger partial charge is 0.249 e. The maximum absolute atomic E-state index is 7.67. The first-order valence-electron chi connectivity index (χ1n) is 1.26. The molecule has 0 bridgehead atoms. The third-order valence-corrected chi connectivity index (χ3v) is 0.490. The zero-order valence-corrected chi connectivity index (χ0v) is 4.20. The van der Waals surface area contributed by atoms with Crippen LogP contribution in [-0.4, -0.2) is 18.6 Å². The van der Waals surface area contributed by atoms with E-state index >= 15 is 0 Å². The predicted octanol–water partition coefficient (Wildman–Crippen LogP) is 1.13. The van der Waals surface area contributed by atoms with Gasteiger partial charge in [0.1, 0.15) is 0 Å². The van der Waals surface area contributed by atoms with Gasteiger partial charge in [-0.2, -0.15) is 0 Å². The van der Waals surface area contributed by atoms with Crippen LogP contribution in [0.15, 0.2) is 0 Å². The van der Waals surface area contributed by atoms with E-state index in [1.807, 2.05) is 13.3 Å². The summed E-state index contributed by atoms with van der Waals surface area (Å²) in [5.41, 5.74) is 0. The highest BCUT2D eigenvalue weighted by Crippen LogP contribution is 2.22. The molecule has 0 atom stereocenters. The average molecular weight is 94.0 g/mol. The van der Waals surface area contributed by atoms with E-state index in [4.69, 9.17) is 5.26 Å². The van der Waals surface area contributed by atoms with Crippen molar-refractivity contribution in [3.63, 3.8) is 0 Å². The highest BCUT2D eigenvalue weighted by Gasteiger charge is 1.81. The van der Waals surface area contributed by atoms with E-state index in [1.54, 1.807) is 0 Å². The van der Waals surface area contributed by atoms with Crippen molar-refractivity contribution < 1.29 is 9.93 Å². The van der Waals surface area contributed by atoms with Crippen LogP contribution in [0.3, 0.4) is 0 Å². The second-order valence-corrected chi connectivity index (χ2v) is 2.68. The van der Waals surface area contributed by atoms with Crippen LogP contribution in [0, 0.1) is 0 Å². The van der Waals surface area contributed by atoms with Crippen molar-refractivity contribution in [3.8, 4) is 0 Å². The molecule has 0 aliphatic rings. The highest BCUT2D eigenvalue weighted by atomic mass is 31.1. The number of hydrogen-bond acceptors (Lipinski definition) is 2. The second-order valence-electron chi connectivity index (χ2n) is 0.894. The van der Waals surface area contributed by atoms with E-state index in [1.165, 1.54) is 0 Å². The summed E-state index contributed by atoms with van der Waals surface area (Å²) in [7, 11) is -0.543. The molecule has 0 saturated carbocycles. The van der Waals surface area contributed by atoms with Gasteiger partial charge in [-0.1, -0.05) is 0 Å². The molecule has 0 amide bonds. The Morgan fingerprint density at radius 1 is 1.60 bits per heavy atom. The van der Waals surface area contributed by atoms with Gasteiger partial charge in [0, 0.05) is 0 Å². The van der Waals surface area contributed by atoms with Crippen molar-refractivity contribution in [2.75, 3.05) is 13.3 Å². The van der Waals surface area contributed by atoms with Gasteiger partial charge in [0.05, 0.1) is 8.15 Å². The maximum atomic E-state index is 7.67. The molecule has 0 fully saturated rings. The summed E-state index contributed by atoms with van der Waals surface area (Å²) in [6, 6.07) is 0. The minimum atomic E-state index is -0.543. The smallest absolute Gasteiger partial charge is 0.0642 e. The van der Waals surface area contributed by atoms with E-state index in [9.17, 15) is 0 Å². The fraction of sp³-hybridized carbons (Fsp3) is 1.00. The van der Waals surface area contributed by atoms with Crippen molar-refractivity contribution >= 4 is 8.15 Å². The molecule has 0 aliphatic carbocycles. The van der Waals surface area contributed by atoms with Crippen molar-refractivity contribution in [1.82, 2.24) is 0 Å². The lowest BCUT2D eigenvalue weighted by Crippen LogP contribution is -1.66. The molecule has 0 saturated heterocycles. The quantitative estimate of drug-likeness (QED) is 0.300. The molecular weight excluding hydrogens is 87.0 g/mol. The monoisotopic (exact) mass is 94.0 g/mol. The molecular formula is C2H7O2P. The van der Waals surface area contributed by atoms with Gasteiger partial charge < -0.3 is 0 Å². The molecule has 0 aliphatic heterocycles. The Labute approximate surface area is 32.5 Å². The van der Waals surface area contributed by atoms with Crippen LogP contribution < -0.4 is 0 Å². The van der Waals surface area contributed by atoms with Crippen LogP contribution in [0.25, 0.3) is 0 Å². The predicted molar refractivity (Wildman–Crippen MR) is 22.5 cm³/mol. The summed E-state index contributed by atoms with van der Waals surface area (Å²) in [5.74, 6) is 0. The van der Waals surface area contributed by atoms with Crippen LogP contribution >= 0.6 is 8.15 Å². The maximum Gasteiger partial charge on any atom is 0.0642 e. The average Bonchev–Trinajstić information content (AvgIpc) is 1.38. The summed E-state index contributed by atoms with van der Waals surface area (Å²) in [5, 5.41) is 7.67. The summed E-state index contributed by atoms with van der Waals surface area (Å²) < 4.78 is 3.81. The molecule has 0 unspecified atom stereocenters. The fourth-order valence-electron chi connectivity index (χ4n) is 0. The Morgan fingerprint density at radius 3 is 1.80 bits per heavy atom. The van der Waals surface area contributed by atoms with Crippen LogP contribution in [0.1, 0.15) is 0 Å². The lowest BCUT2D eigenvalue weighted by molar-refractivity contribution is -0.126.